The second kappa shape index (κ2) is 35.4. The van der Waals surface area contributed by atoms with Gasteiger partial charge in [0.25, 0.3) is 0 Å². The SMILES string of the molecule is CCCCCCCCC[CH2][Zr]([CH2]CCCCCCCCC)([CH2]CCCCCCCCC)[CH2]CCCCCCCCC. The van der Waals surface area contributed by atoms with E-state index in [1.165, 1.54) is 154 Å². The topological polar surface area (TPSA) is 0 Å². The molecule has 0 N–H and O–H groups in total. The van der Waals surface area contributed by atoms with Gasteiger partial charge in [-0.15, -0.1) is 0 Å². The van der Waals surface area contributed by atoms with E-state index in [-0.39, 0.29) is 0 Å². The van der Waals surface area contributed by atoms with Crippen molar-refractivity contribution in [2.75, 3.05) is 0 Å². The van der Waals surface area contributed by atoms with Crippen LogP contribution in [-0.2, 0) is 20.3 Å². The first-order valence-electron chi connectivity index (χ1n) is 20.2. The third-order valence-electron chi connectivity index (χ3n) is 10.2. The van der Waals surface area contributed by atoms with E-state index in [9.17, 15) is 0 Å². The van der Waals surface area contributed by atoms with Crippen LogP contribution in [0.4, 0.5) is 0 Å². The van der Waals surface area contributed by atoms with Crippen LogP contribution < -0.4 is 0 Å². The molecule has 0 nitrogen and oxygen atoms in total. The summed E-state index contributed by atoms with van der Waals surface area (Å²) in [6.45, 7) is 9.38. The maximum absolute atomic E-state index is 2.35. The van der Waals surface area contributed by atoms with Crippen molar-refractivity contribution in [3.63, 3.8) is 0 Å². The van der Waals surface area contributed by atoms with Crippen molar-refractivity contribution < 1.29 is 20.3 Å². The van der Waals surface area contributed by atoms with Crippen LogP contribution in [0.1, 0.15) is 233 Å². The minimum absolute atomic E-state index is 1.38. The average molecular weight is 656 g/mol. The number of hydrogen-bond donors (Lipinski definition) is 0. The Hall–Kier alpha value is 0.883. The number of unbranched alkanes of at least 4 members (excludes halogenated alkanes) is 28. The van der Waals surface area contributed by atoms with Crippen LogP contribution in [0.3, 0.4) is 0 Å². The van der Waals surface area contributed by atoms with E-state index < -0.39 is 20.3 Å². The molecular formula is C40H84Zr. The second-order valence-corrected chi connectivity index (χ2v) is 26.7. The molecule has 0 saturated heterocycles. The van der Waals surface area contributed by atoms with Gasteiger partial charge in [0.15, 0.2) is 0 Å². The zero-order chi connectivity index (χ0) is 30.0. The average Bonchev–Trinajstić information content (AvgIpc) is 2.98. The Kier molecular flexibility index (Phi) is 36.1. The number of hydrogen-bond acceptors (Lipinski definition) is 0. The summed E-state index contributed by atoms with van der Waals surface area (Å²) in [5, 5.41) is 0. The molecular weight excluding hydrogens is 572 g/mol. The predicted octanol–water partition coefficient (Wildman–Crippen LogP) is 16.4. The summed E-state index contributed by atoms with van der Waals surface area (Å²) in [5.41, 5.74) is 0. The Bertz CT molecular complexity index is 372. The summed E-state index contributed by atoms with van der Waals surface area (Å²) >= 11 is -2.04. The molecule has 248 valence electrons. The summed E-state index contributed by atoms with van der Waals surface area (Å²) in [4.78, 5) is 0. The molecule has 0 spiro atoms. The van der Waals surface area contributed by atoms with Crippen LogP contribution >= 0.6 is 0 Å². The van der Waals surface area contributed by atoms with Gasteiger partial charge < -0.3 is 0 Å². The Balaban J connectivity index is 4.82. The van der Waals surface area contributed by atoms with Crippen LogP contribution in [0.15, 0.2) is 0 Å². The first-order valence-corrected chi connectivity index (χ1v) is 27.2. The quantitative estimate of drug-likeness (QED) is 0.0589. The third kappa shape index (κ3) is 30.7. The summed E-state index contributed by atoms with van der Waals surface area (Å²) in [5.74, 6) is 0. The van der Waals surface area contributed by atoms with Crippen molar-refractivity contribution in [2.45, 2.75) is 250 Å². The van der Waals surface area contributed by atoms with Gasteiger partial charge in [0.1, 0.15) is 0 Å². The molecule has 0 aromatic carbocycles. The normalized spacial score (nSPS) is 12.0. The summed E-state index contributed by atoms with van der Waals surface area (Å²) in [6.07, 6.45) is 48.0. The van der Waals surface area contributed by atoms with E-state index in [4.69, 9.17) is 0 Å². The van der Waals surface area contributed by atoms with Crippen molar-refractivity contribution in [3.05, 3.63) is 0 Å². The standard InChI is InChI=1S/4C10H21.Zr/c4*1-3-5-7-9-10-8-6-4-2;/h4*1,3-10H2,2H3;. The molecule has 0 heterocycles. The van der Waals surface area contributed by atoms with Crippen LogP contribution in [0.2, 0.25) is 16.5 Å². The fourth-order valence-corrected chi connectivity index (χ4v) is 20.8. The van der Waals surface area contributed by atoms with Gasteiger partial charge in [-0.2, -0.15) is 0 Å². The molecule has 1 heteroatoms. The van der Waals surface area contributed by atoms with Crippen molar-refractivity contribution in [1.29, 1.82) is 0 Å². The Morgan fingerprint density at radius 3 is 0.512 bits per heavy atom. The Morgan fingerprint density at radius 1 is 0.195 bits per heavy atom. The first-order chi connectivity index (χ1) is 20.2. The molecule has 0 amide bonds. The molecule has 0 unspecified atom stereocenters. The van der Waals surface area contributed by atoms with Gasteiger partial charge in [-0.25, -0.2) is 0 Å². The summed E-state index contributed by atoms with van der Waals surface area (Å²) in [7, 11) is 0. The Labute approximate surface area is 268 Å². The molecule has 0 aliphatic carbocycles. The van der Waals surface area contributed by atoms with E-state index in [0.717, 1.165) is 0 Å². The van der Waals surface area contributed by atoms with Crippen molar-refractivity contribution >= 4 is 0 Å². The van der Waals surface area contributed by atoms with Crippen LogP contribution in [-0.4, -0.2) is 0 Å². The molecule has 0 radical (unpaired) electrons. The monoisotopic (exact) mass is 655 g/mol. The van der Waals surface area contributed by atoms with Crippen molar-refractivity contribution in [1.82, 2.24) is 0 Å². The van der Waals surface area contributed by atoms with E-state index >= 15 is 0 Å². The molecule has 0 aliphatic rings. The molecule has 0 aromatic rings. The molecule has 0 aromatic heterocycles. The summed E-state index contributed by atoms with van der Waals surface area (Å²) < 4.78 is 7.03. The van der Waals surface area contributed by atoms with E-state index in [1.54, 1.807) is 67.9 Å². The first kappa shape index (κ1) is 41.9. The Morgan fingerprint density at radius 2 is 0.341 bits per heavy atom. The number of rotatable bonds is 36. The maximum atomic E-state index is 2.35. The van der Waals surface area contributed by atoms with E-state index in [2.05, 4.69) is 27.7 Å². The van der Waals surface area contributed by atoms with E-state index in [1.807, 2.05) is 0 Å². The van der Waals surface area contributed by atoms with Gasteiger partial charge in [0.2, 0.25) is 0 Å². The summed E-state index contributed by atoms with van der Waals surface area (Å²) in [6, 6.07) is 0. The van der Waals surface area contributed by atoms with Gasteiger partial charge >= 0.3 is 270 Å². The van der Waals surface area contributed by atoms with Gasteiger partial charge in [-0.1, -0.05) is 0 Å². The molecule has 0 fully saturated rings. The zero-order valence-corrected chi connectivity index (χ0v) is 32.4. The molecule has 0 aliphatic heterocycles. The zero-order valence-electron chi connectivity index (χ0n) is 30.0. The van der Waals surface area contributed by atoms with Crippen LogP contribution in [0.5, 0.6) is 0 Å². The van der Waals surface area contributed by atoms with E-state index in [0.29, 0.717) is 0 Å². The van der Waals surface area contributed by atoms with Crippen LogP contribution in [0.25, 0.3) is 0 Å². The molecule has 0 bridgehead atoms. The van der Waals surface area contributed by atoms with Crippen molar-refractivity contribution in [2.24, 2.45) is 0 Å². The molecule has 0 saturated carbocycles. The molecule has 0 atom stereocenters. The predicted molar refractivity (Wildman–Crippen MR) is 190 cm³/mol. The minimum atomic E-state index is -2.04. The van der Waals surface area contributed by atoms with Crippen molar-refractivity contribution in [3.8, 4) is 0 Å². The van der Waals surface area contributed by atoms with Gasteiger partial charge in [-0.05, 0) is 0 Å². The molecule has 41 heavy (non-hydrogen) atoms. The molecule has 0 rings (SSSR count). The van der Waals surface area contributed by atoms with Crippen LogP contribution in [0, 0.1) is 0 Å². The van der Waals surface area contributed by atoms with Gasteiger partial charge in [-0.3, -0.25) is 0 Å². The fraction of sp³-hybridized carbons (Fsp3) is 1.00. The third-order valence-corrected chi connectivity index (χ3v) is 24.1. The van der Waals surface area contributed by atoms with Gasteiger partial charge in [0.05, 0.1) is 0 Å². The van der Waals surface area contributed by atoms with Gasteiger partial charge in [0, 0.05) is 0 Å². The second-order valence-electron chi connectivity index (χ2n) is 14.4. The fourth-order valence-electron chi connectivity index (χ4n) is 7.29.